The van der Waals surface area contributed by atoms with Crippen LogP contribution in [0, 0.1) is 0 Å². The zero-order valence-electron chi connectivity index (χ0n) is 14.0. The minimum absolute atomic E-state index is 0.223. The van der Waals surface area contributed by atoms with Crippen LogP contribution in [-0.4, -0.2) is 40.3 Å². The van der Waals surface area contributed by atoms with Gasteiger partial charge in [0.05, 0.1) is 18.5 Å². The number of anilines is 1. The number of ether oxygens (including phenoxy) is 1. The quantitative estimate of drug-likeness (QED) is 0.671. The van der Waals surface area contributed by atoms with Crippen LogP contribution >= 0.6 is 23.2 Å². The van der Waals surface area contributed by atoms with Gasteiger partial charge < -0.3 is 10.1 Å². The van der Waals surface area contributed by atoms with E-state index in [2.05, 4.69) is 5.32 Å². The molecule has 2 aromatic rings. The zero-order chi connectivity index (χ0) is 19.2. The molecule has 1 amide bonds. The van der Waals surface area contributed by atoms with Gasteiger partial charge in [-0.15, -0.1) is 0 Å². The Morgan fingerprint density at radius 2 is 1.73 bits per heavy atom. The Hall–Kier alpha value is -1.96. The van der Waals surface area contributed by atoms with Crippen molar-refractivity contribution in [2.45, 2.75) is 0 Å². The second kappa shape index (κ2) is 9.12. The standard InChI is InChI=1S/C17H18Cl2N2O4S/c1-26(23,24)21(15-10-13(18)9-14(19)11-15)12-17(22)20-7-8-25-16-5-3-2-4-6-16/h2-6,9-11H,7-8,12H2,1H3,(H,20,22). The van der Waals surface area contributed by atoms with E-state index in [0.29, 0.717) is 5.75 Å². The zero-order valence-corrected chi connectivity index (χ0v) is 16.3. The van der Waals surface area contributed by atoms with Crippen molar-refractivity contribution in [2.24, 2.45) is 0 Å². The maximum Gasteiger partial charge on any atom is 0.240 e. The molecule has 0 unspecified atom stereocenters. The molecule has 0 saturated heterocycles. The van der Waals surface area contributed by atoms with Crippen LogP contribution in [0.5, 0.6) is 5.75 Å². The summed E-state index contributed by atoms with van der Waals surface area (Å²) in [5.74, 6) is 0.219. The molecule has 9 heteroatoms. The lowest BCUT2D eigenvalue weighted by Gasteiger charge is -2.22. The van der Waals surface area contributed by atoms with Gasteiger partial charge in [-0.2, -0.15) is 0 Å². The summed E-state index contributed by atoms with van der Waals surface area (Å²) in [5, 5.41) is 3.17. The van der Waals surface area contributed by atoms with E-state index in [1.54, 1.807) is 12.1 Å². The molecule has 1 N–H and O–H groups in total. The molecular weight excluding hydrogens is 399 g/mol. The molecule has 26 heavy (non-hydrogen) atoms. The summed E-state index contributed by atoms with van der Waals surface area (Å²) in [6.45, 7) is 0.111. The SMILES string of the molecule is CS(=O)(=O)N(CC(=O)NCCOc1ccccc1)c1cc(Cl)cc(Cl)c1. The first-order valence-electron chi connectivity index (χ1n) is 7.64. The monoisotopic (exact) mass is 416 g/mol. The van der Waals surface area contributed by atoms with Crippen molar-refractivity contribution >= 4 is 44.8 Å². The molecule has 0 aliphatic carbocycles. The van der Waals surface area contributed by atoms with Crippen molar-refractivity contribution in [1.82, 2.24) is 5.32 Å². The van der Waals surface area contributed by atoms with Crippen molar-refractivity contribution < 1.29 is 17.9 Å². The summed E-state index contributed by atoms with van der Waals surface area (Å²) in [6, 6.07) is 13.5. The molecule has 0 fully saturated rings. The lowest BCUT2D eigenvalue weighted by molar-refractivity contribution is -0.119. The first kappa shape index (κ1) is 20.4. The Labute approximate surface area is 162 Å². The van der Waals surface area contributed by atoms with Crippen LogP contribution in [0.15, 0.2) is 48.5 Å². The number of carbonyl (C=O) groups is 1. The Morgan fingerprint density at radius 1 is 1.12 bits per heavy atom. The summed E-state index contributed by atoms with van der Waals surface area (Å²) < 4.78 is 30.5. The number of rotatable bonds is 8. The molecule has 2 aromatic carbocycles. The van der Waals surface area contributed by atoms with Crippen molar-refractivity contribution in [2.75, 3.05) is 30.3 Å². The second-order valence-electron chi connectivity index (χ2n) is 5.41. The van der Waals surface area contributed by atoms with Gasteiger partial charge in [0.15, 0.2) is 0 Å². The molecular formula is C17H18Cl2N2O4S. The molecule has 0 heterocycles. The average Bonchev–Trinajstić information content (AvgIpc) is 2.55. The van der Waals surface area contributed by atoms with Gasteiger partial charge in [0.1, 0.15) is 18.9 Å². The molecule has 0 aliphatic heterocycles. The van der Waals surface area contributed by atoms with Crippen molar-refractivity contribution in [3.63, 3.8) is 0 Å². The van der Waals surface area contributed by atoms with Crippen molar-refractivity contribution in [1.29, 1.82) is 0 Å². The van der Waals surface area contributed by atoms with E-state index in [-0.39, 0.29) is 35.4 Å². The topological polar surface area (TPSA) is 75.7 Å². The fourth-order valence-electron chi connectivity index (χ4n) is 2.15. The molecule has 140 valence electrons. The Morgan fingerprint density at radius 3 is 2.31 bits per heavy atom. The van der Waals surface area contributed by atoms with Crippen LogP contribution in [0.1, 0.15) is 0 Å². The summed E-state index contributed by atoms with van der Waals surface area (Å²) in [5.41, 5.74) is 0.223. The number of carbonyl (C=O) groups excluding carboxylic acids is 1. The van der Waals surface area contributed by atoms with Gasteiger partial charge >= 0.3 is 0 Å². The Kier molecular flexibility index (Phi) is 7.14. The van der Waals surface area contributed by atoms with E-state index in [1.807, 2.05) is 18.2 Å². The summed E-state index contributed by atoms with van der Waals surface area (Å²) in [4.78, 5) is 12.1. The highest BCUT2D eigenvalue weighted by molar-refractivity contribution is 7.92. The summed E-state index contributed by atoms with van der Waals surface area (Å²) in [7, 11) is -3.70. The minimum Gasteiger partial charge on any atom is -0.492 e. The smallest absolute Gasteiger partial charge is 0.240 e. The predicted octanol–water partition coefficient (Wildman–Crippen LogP) is 2.95. The molecule has 6 nitrogen and oxygen atoms in total. The first-order valence-corrected chi connectivity index (χ1v) is 10.2. The highest BCUT2D eigenvalue weighted by atomic mass is 35.5. The highest BCUT2D eigenvalue weighted by Gasteiger charge is 2.21. The fourth-order valence-corrected chi connectivity index (χ4v) is 3.50. The minimum atomic E-state index is -3.70. The predicted molar refractivity (Wildman–Crippen MR) is 104 cm³/mol. The number of sulfonamides is 1. The molecule has 0 saturated carbocycles. The van der Waals surface area contributed by atoms with Gasteiger partial charge in [0.2, 0.25) is 15.9 Å². The molecule has 0 bridgehead atoms. The van der Waals surface area contributed by atoms with Gasteiger partial charge in [-0.25, -0.2) is 8.42 Å². The lowest BCUT2D eigenvalue weighted by Crippen LogP contribution is -2.41. The fraction of sp³-hybridized carbons (Fsp3) is 0.235. The summed E-state index contributed by atoms with van der Waals surface area (Å²) in [6.07, 6.45) is 1.01. The van der Waals surface area contributed by atoms with Gasteiger partial charge in [-0.05, 0) is 30.3 Å². The van der Waals surface area contributed by atoms with Crippen LogP contribution in [0.4, 0.5) is 5.69 Å². The average molecular weight is 417 g/mol. The third-order valence-electron chi connectivity index (χ3n) is 3.26. The number of hydrogen-bond acceptors (Lipinski definition) is 4. The number of benzene rings is 2. The van der Waals surface area contributed by atoms with Crippen LogP contribution < -0.4 is 14.4 Å². The molecule has 0 spiro atoms. The lowest BCUT2D eigenvalue weighted by atomic mass is 10.3. The summed E-state index contributed by atoms with van der Waals surface area (Å²) >= 11 is 11.8. The molecule has 0 aliphatic rings. The van der Waals surface area contributed by atoms with Crippen LogP contribution in [0.25, 0.3) is 0 Å². The van der Waals surface area contributed by atoms with E-state index in [0.717, 1.165) is 10.6 Å². The normalized spacial score (nSPS) is 11.0. The van der Waals surface area contributed by atoms with E-state index in [4.69, 9.17) is 27.9 Å². The van der Waals surface area contributed by atoms with Crippen molar-refractivity contribution in [3.8, 4) is 5.75 Å². The number of halogens is 2. The van der Waals surface area contributed by atoms with E-state index >= 15 is 0 Å². The van der Waals surface area contributed by atoms with Gasteiger partial charge in [0.25, 0.3) is 0 Å². The Bertz CT molecular complexity index is 840. The number of hydrogen-bond donors (Lipinski definition) is 1. The van der Waals surface area contributed by atoms with Crippen LogP contribution in [0.2, 0.25) is 10.0 Å². The van der Waals surface area contributed by atoms with Gasteiger partial charge in [0, 0.05) is 10.0 Å². The van der Waals surface area contributed by atoms with E-state index in [1.165, 1.54) is 18.2 Å². The number of nitrogens with one attached hydrogen (secondary N) is 1. The highest BCUT2D eigenvalue weighted by Crippen LogP contribution is 2.26. The Balaban J connectivity index is 1.94. The van der Waals surface area contributed by atoms with Gasteiger partial charge in [-0.1, -0.05) is 41.4 Å². The van der Waals surface area contributed by atoms with Crippen LogP contribution in [0.3, 0.4) is 0 Å². The van der Waals surface area contributed by atoms with E-state index in [9.17, 15) is 13.2 Å². The molecule has 0 radical (unpaired) electrons. The third-order valence-corrected chi connectivity index (χ3v) is 4.84. The molecule has 0 aromatic heterocycles. The largest absolute Gasteiger partial charge is 0.492 e. The van der Waals surface area contributed by atoms with E-state index < -0.39 is 15.9 Å². The van der Waals surface area contributed by atoms with Crippen LogP contribution in [-0.2, 0) is 14.8 Å². The number of para-hydroxylation sites is 1. The van der Waals surface area contributed by atoms with Gasteiger partial charge in [-0.3, -0.25) is 9.10 Å². The molecule has 0 atom stereocenters. The second-order valence-corrected chi connectivity index (χ2v) is 8.19. The first-order chi connectivity index (χ1) is 12.3. The maximum atomic E-state index is 12.1. The number of amides is 1. The molecule has 2 rings (SSSR count). The van der Waals surface area contributed by atoms with Crippen molar-refractivity contribution in [3.05, 3.63) is 58.6 Å². The number of nitrogens with zero attached hydrogens (tertiary/aromatic N) is 1. The third kappa shape index (κ3) is 6.40. The maximum absolute atomic E-state index is 12.1.